The lowest BCUT2D eigenvalue weighted by Gasteiger charge is -2.04. The summed E-state index contributed by atoms with van der Waals surface area (Å²) in [6.45, 7) is 2.35. The number of rotatable bonds is 7. The molecule has 0 aliphatic rings. The minimum Gasteiger partial charge on any atom is -0.383 e. The van der Waals surface area contributed by atoms with E-state index in [1.54, 1.807) is 25.6 Å². The molecule has 0 saturated carbocycles. The predicted molar refractivity (Wildman–Crippen MR) is 74.0 cm³/mol. The third-order valence-corrected chi connectivity index (χ3v) is 3.19. The van der Waals surface area contributed by atoms with E-state index in [1.165, 1.54) is 11.8 Å². The van der Waals surface area contributed by atoms with Crippen LogP contribution in [0.25, 0.3) is 0 Å². The maximum atomic E-state index is 4.97. The molecular weight excluding hydrogens is 260 g/mol. The first-order valence-electron chi connectivity index (χ1n) is 5.98. The second kappa shape index (κ2) is 7.83. The van der Waals surface area contributed by atoms with E-state index in [-0.39, 0.29) is 0 Å². The molecular formula is C13H16N4OS. The largest absolute Gasteiger partial charge is 0.383 e. The van der Waals surface area contributed by atoms with Crippen molar-refractivity contribution in [1.82, 2.24) is 20.3 Å². The van der Waals surface area contributed by atoms with Gasteiger partial charge in [0.25, 0.3) is 0 Å². The summed E-state index contributed by atoms with van der Waals surface area (Å²) in [5, 5.41) is 4.88. The Bertz CT molecular complexity index is 478. The highest BCUT2D eigenvalue weighted by Crippen LogP contribution is 2.21. The molecule has 0 aliphatic carbocycles. The fourth-order valence-electron chi connectivity index (χ4n) is 1.41. The van der Waals surface area contributed by atoms with E-state index in [1.807, 2.05) is 12.3 Å². The van der Waals surface area contributed by atoms with Gasteiger partial charge in [-0.3, -0.25) is 0 Å². The molecule has 2 aromatic heterocycles. The Hall–Kier alpha value is -1.50. The summed E-state index contributed by atoms with van der Waals surface area (Å²) in [5.41, 5.74) is 1.15. The van der Waals surface area contributed by atoms with Gasteiger partial charge in [-0.2, -0.15) is 0 Å². The van der Waals surface area contributed by atoms with Gasteiger partial charge in [0.1, 0.15) is 5.03 Å². The molecule has 1 N–H and O–H groups in total. The zero-order valence-corrected chi connectivity index (χ0v) is 11.6. The van der Waals surface area contributed by atoms with Gasteiger partial charge in [0, 0.05) is 38.8 Å². The molecule has 0 aliphatic heterocycles. The van der Waals surface area contributed by atoms with Crippen molar-refractivity contribution >= 4 is 11.8 Å². The van der Waals surface area contributed by atoms with Crippen LogP contribution in [0.3, 0.4) is 0 Å². The van der Waals surface area contributed by atoms with Gasteiger partial charge in [0.05, 0.1) is 6.61 Å². The van der Waals surface area contributed by atoms with E-state index in [9.17, 15) is 0 Å². The maximum Gasteiger partial charge on any atom is 0.193 e. The van der Waals surface area contributed by atoms with Gasteiger partial charge in [-0.25, -0.2) is 15.0 Å². The minimum absolute atomic E-state index is 0.709. The van der Waals surface area contributed by atoms with Crippen molar-refractivity contribution in [3.63, 3.8) is 0 Å². The summed E-state index contributed by atoms with van der Waals surface area (Å²) >= 11 is 1.45. The molecule has 5 nitrogen and oxygen atoms in total. The SMILES string of the molecule is COCCNCc1ccc(Sc2ncccn2)nc1. The Morgan fingerprint density at radius 3 is 2.74 bits per heavy atom. The third-order valence-electron chi connectivity index (χ3n) is 2.35. The first-order valence-corrected chi connectivity index (χ1v) is 6.79. The Labute approximate surface area is 116 Å². The fraction of sp³-hybridized carbons (Fsp3) is 0.308. The van der Waals surface area contributed by atoms with Crippen molar-refractivity contribution in [2.45, 2.75) is 16.7 Å². The summed E-state index contributed by atoms with van der Waals surface area (Å²) in [6.07, 6.45) is 5.32. The normalized spacial score (nSPS) is 10.6. The molecule has 0 bridgehead atoms. The molecule has 0 atom stereocenters. The smallest absolute Gasteiger partial charge is 0.193 e. The van der Waals surface area contributed by atoms with E-state index < -0.39 is 0 Å². The van der Waals surface area contributed by atoms with E-state index in [2.05, 4.69) is 26.3 Å². The van der Waals surface area contributed by atoms with Gasteiger partial charge in [-0.1, -0.05) is 6.07 Å². The lowest BCUT2D eigenvalue weighted by Crippen LogP contribution is -2.18. The van der Waals surface area contributed by atoms with Crippen LogP contribution in [0.15, 0.2) is 47.0 Å². The average molecular weight is 276 g/mol. The van der Waals surface area contributed by atoms with Gasteiger partial charge in [-0.15, -0.1) is 0 Å². The topological polar surface area (TPSA) is 59.9 Å². The Morgan fingerprint density at radius 2 is 2.05 bits per heavy atom. The van der Waals surface area contributed by atoms with E-state index in [0.717, 1.165) is 23.7 Å². The van der Waals surface area contributed by atoms with Crippen LogP contribution in [-0.4, -0.2) is 35.2 Å². The number of ether oxygens (including phenoxy) is 1. The van der Waals surface area contributed by atoms with Gasteiger partial charge >= 0.3 is 0 Å². The Balaban J connectivity index is 1.84. The summed E-state index contributed by atoms with van der Waals surface area (Å²) < 4.78 is 4.97. The molecule has 2 heterocycles. The van der Waals surface area contributed by atoms with Crippen molar-refractivity contribution in [2.24, 2.45) is 0 Å². The molecule has 0 radical (unpaired) electrons. The van der Waals surface area contributed by atoms with Crippen molar-refractivity contribution in [2.75, 3.05) is 20.3 Å². The van der Waals surface area contributed by atoms with Crippen LogP contribution in [-0.2, 0) is 11.3 Å². The Morgan fingerprint density at radius 1 is 1.21 bits per heavy atom. The molecule has 100 valence electrons. The molecule has 0 fully saturated rings. The highest BCUT2D eigenvalue weighted by Gasteiger charge is 2.01. The van der Waals surface area contributed by atoms with Crippen LogP contribution >= 0.6 is 11.8 Å². The van der Waals surface area contributed by atoms with Crippen molar-refractivity contribution in [3.05, 3.63) is 42.4 Å². The third kappa shape index (κ3) is 4.94. The summed E-state index contributed by atoms with van der Waals surface area (Å²) in [4.78, 5) is 12.7. The maximum absolute atomic E-state index is 4.97. The van der Waals surface area contributed by atoms with Crippen LogP contribution in [0.1, 0.15) is 5.56 Å². The first kappa shape index (κ1) is 13.9. The quantitative estimate of drug-likeness (QED) is 0.614. The van der Waals surface area contributed by atoms with Crippen LogP contribution in [0.5, 0.6) is 0 Å². The highest BCUT2D eigenvalue weighted by atomic mass is 32.2. The number of pyridine rings is 1. The second-order valence-electron chi connectivity index (χ2n) is 3.81. The summed E-state index contributed by atoms with van der Waals surface area (Å²) in [7, 11) is 1.70. The molecule has 0 saturated heterocycles. The molecule has 0 amide bonds. The zero-order valence-electron chi connectivity index (χ0n) is 10.7. The van der Waals surface area contributed by atoms with Gasteiger partial charge in [0.15, 0.2) is 5.16 Å². The first-order chi connectivity index (χ1) is 9.38. The number of hydrogen-bond donors (Lipinski definition) is 1. The summed E-state index contributed by atoms with van der Waals surface area (Å²) in [6, 6.07) is 5.83. The number of hydrogen-bond acceptors (Lipinski definition) is 6. The lowest BCUT2D eigenvalue weighted by atomic mass is 10.3. The second-order valence-corrected chi connectivity index (χ2v) is 4.80. The molecule has 6 heteroatoms. The number of methoxy groups -OCH3 is 1. The average Bonchev–Trinajstić information content (AvgIpc) is 2.46. The molecule has 0 aromatic carbocycles. The minimum atomic E-state index is 0.709. The molecule has 19 heavy (non-hydrogen) atoms. The number of aromatic nitrogens is 3. The predicted octanol–water partition coefficient (Wildman–Crippen LogP) is 1.76. The molecule has 0 spiro atoms. The molecule has 2 rings (SSSR count). The van der Waals surface area contributed by atoms with Crippen molar-refractivity contribution in [3.8, 4) is 0 Å². The van der Waals surface area contributed by atoms with Crippen molar-refractivity contribution < 1.29 is 4.74 Å². The van der Waals surface area contributed by atoms with E-state index >= 15 is 0 Å². The van der Waals surface area contributed by atoms with Crippen molar-refractivity contribution in [1.29, 1.82) is 0 Å². The number of nitrogens with one attached hydrogen (secondary N) is 1. The van der Waals surface area contributed by atoms with Gasteiger partial charge < -0.3 is 10.1 Å². The van der Waals surface area contributed by atoms with Gasteiger partial charge in [0.2, 0.25) is 0 Å². The number of nitrogens with zero attached hydrogens (tertiary/aromatic N) is 3. The van der Waals surface area contributed by atoms with Gasteiger partial charge in [-0.05, 0) is 29.5 Å². The standard InChI is InChI=1S/C13H16N4OS/c1-18-8-7-14-9-11-3-4-12(17-10-11)19-13-15-5-2-6-16-13/h2-6,10,14H,7-9H2,1H3. The van der Waals surface area contributed by atoms with Crippen LogP contribution in [0, 0.1) is 0 Å². The van der Waals surface area contributed by atoms with Crippen LogP contribution in [0.2, 0.25) is 0 Å². The zero-order chi connectivity index (χ0) is 13.3. The fourth-order valence-corrected chi connectivity index (χ4v) is 2.07. The van der Waals surface area contributed by atoms with E-state index in [0.29, 0.717) is 11.8 Å². The monoisotopic (exact) mass is 276 g/mol. The van der Waals surface area contributed by atoms with E-state index in [4.69, 9.17) is 4.74 Å². The Kier molecular flexibility index (Phi) is 5.74. The summed E-state index contributed by atoms with van der Waals surface area (Å²) in [5.74, 6) is 0. The highest BCUT2D eigenvalue weighted by molar-refractivity contribution is 7.99. The van der Waals surface area contributed by atoms with Crippen LogP contribution in [0.4, 0.5) is 0 Å². The molecule has 0 unspecified atom stereocenters. The van der Waals surface area contributed by atoms with Crippen LogP contribution < -0.4 is 5.32 Å². The lowest BCUT2D eigenvalue weighted by molar-refractivity contribution is 0.199. The molecule has 2 aromatic rings.